The van der Waals surface area contributed by atoms with Crippen LogP contribution in [0.5, 0.6) is 0 Å². The third kappa shape index (κ3) is 3.78. The van der Waals surface area contributed by atoms with Crippen LogP contribution in [0, 0.1) is 0 Å². The van der Waals surface area contributed by atoms with Crippen LogP contribution in [-0.2, 0) is 0 Å². The molecule has 3 nitrogen and oxygen atoms in total. The number of hydrogen-bond acceptors (Lipinski definition) is 2. The van der Waals surface area contributed by atoms with Crippen LogP contribution in [0.25, 0.3) is 0 Å². The summed E-state index contributed by atoms with van der Waals surface area (Å²) < 4.78 is 0.258. The van der Waals surface area contributed by atoms with E-state index in [-0.39, 0.29) is 16.8 Å². The van der Waals surface area contributed by atoms with E-state index in [4.69, 9.17) is 0 Å². The first kappa shape index (κ1) is 11.7. The van der Waals surface area contributed by atoms with E-state index in [1.54, 1.807) is 0 Å². The number of urea groups is 1. The number of carbonyl (C=O) groups excluding carboxylic acids is 1. The molecule has 1 atom stereocenters. The normalized spacial score (nSPS) is 26.6. The molecule has 0 radical (unpaired) electrons. The van der Waals surface area contributed by atoms with Crippen molar-refractivity contribution >= 4 is 17.8 Å². The van der Waals surface area contributed by atoms with E-state index < -0.39 is 0 Å². The zero-order valence-corrected chi connectivity index (χ0v) is 10.0. The Bertz CT molecular complexity index is 200. The van der Waals surface area contributed by atoms with Crippen molar-refractivity contribution in [1.82, 2.24) is 10.6 Å². The summed E-state index contributed by atoms with van der Waals surface area (Å²) in [6, 6.07) is 0.160. The molecule has 1 fully saturated rings. The van der Waals surface area contributed by atoms with Gasteiger partial charge in [-0.15, -0.1) is 0 Å². The average Bonchev–Trinajstić information content (AvgIpc) is 2.49. The third-order valence-electron chi connectivity index (χ3n) is 2.34. The lowest BCUT2D eigenvalue weighted by Gasteiger charge is -2.23. The number of nitrogens with one attached hydrogen (secondary N) is 2. The molecule has 1 heterocycles. The predicted octanol–water partition coefficient (Wildman–Crippen LogP) is 1.98. The summed E-state index contributed by atoms with van der Waals surface area (Å²) in [5.41, 5.74) is 0. The van der Waals surface area contributed by atoms with Crippen molar-refractivity contribution in [2.45, 2.75) is 44.4 Å². The lowest BCUT2D eigenvalue weighted by molar-refractivity contribution is 0.237. The lowest BCUT2D eigenvalue weighted by Crippen LogP contribution is -2.44. The smallest absolute Gasteiger partial charge is 0.315 e. The zero-order valence-electron chi connectivity index (χ0n) is 9.22. The molecule has 14 heavy (non-hydrogen) atoms. The zero-order chi connectivity index (χ0) is 10.6. The van der Waals surface area contributed by atoms with E-state index in [0.29, 0.717) is 0 Å². The van der Waals surface area contributed by atoms with E-state index >= 15 is 0 Å². The van der Waals surface area contributed by atoms with Gasteiger partial charge in [0.05, 0.1) is 0 Å². The molecule has 1 aliphatic heterocycles. The number of hydrogen-bond donors (Lipinski definition) is 2. The predicted molar refractivity (Wildman–Crippen MR) is 61.8 cm³/mol. The maximum atomic E-state index is 11.3. The molecule has 0 saturated carbocycles. The molecule has 1 unspecified atom stereocenters. The Morgan fingerprint density at radius 1 is 1.57 bits per heavy atom. The fourth-order valence-electron chi connectivity index (χ4n) is 1.56. The fraction of sp³-hybridized carbons (Fsp3) is 0.900. The van der Waals surface area contributed by atoms with E-state index in [0.717, 1.165) is 6.54 Å². The molecular formula is C10H20N2OS. The summed E-state index contributed by atoms with van der Waals surface area (Å²) in [5.74, 6) is 1.23. The topological polar surface area (TPSA) is 41.1 Å². The summed E-state index contributed by atoms with van der Waals surface area (Å²) in [4.78, 5) is 11.3. The lowest BCUT2D eigenvalue weighted by atomic mass is 10.1. The molecule has 2 amide bonds. The number of carbonyl (C=O) groups is 1. The molecule has 1 rings (SSSR count). The van der Waals surface area contributed by atoms with Gasteiger partial charge in [-0.1, -0.05) is 0 Å². The maximum Gasteiger partial charge on any atom is 0.315 e. The van der Waals surface area contributed by atoms with E-state index in [2.05, 4.69) is 17.6 Å². The van der Waals surface area contributed by atoms with Gasteiger partial charge in [-0.25, -0.2) is 4.79 Å². The fourth-order valence-corrected chi connectivity index (χ4v) is 2.80. The summed E-state index contributed by atoms with van der Waals surface area (Å²) in [6.45, 7) is 6.92. The standard InChI is InChI=1S/C10H20N2OS/c1-8(2)12-9(13)11-7-10(3)5-4-6-14-10/h8H,4-7H2,1-3H3,(H2,11,12,13). The molecule has 82 valence electrons. The van der Waals surface area contributed by atoms with Gasteiger partial charge in [0, 0.05) is 17.3 Å². The van der Waals surface area contributed by atoms with Gasteiger partial charge in [-0.3, -0.25) is 0 Å². The van der Waals surface area contributed by atoms with E-state index in [1.165, 1.54) is 18.6 Å². The second kappa shape index (κ2) is 4.91. The highest BCUT2D eigenvalue weighted by atomic mass is 32.2. The maximum absolute atomic E-state index is 11.3. The highest BCUT2D eigenvalue weighted by Crippen LogP contribution is 2.36. The number of rotatable bonds is 3. The summed E-state index contributed by atoms with van der Waals surface area (Å²) in [6.07, 6.45) is 2.48. The first-order chi connectivity index (χ1) is 6.52. The van der Waals surface area contributed by atoms with Gasteiger partial charge in [0.25, 0.3) is 0 Å². The molecule has 0 bridgehead atoms. The molecular weight excluding hydrogens is 196 g/mol. The SMILES string of the molecule is CC(C)NC(=O)NCC1(C)CCCS1. The molecule has 0 aromatic rings. The van der Waals surface area contributed by atoms with Gasteiger partial charge < -0.3 is 10.6 Å². The van der Waals surface area contributed by atoms with Crippen LogP contribution in [0.3, 0.4) is 0 Å². The van der Waals surface area contributed by atoms with Crippen LogP contribution < -0.4 is 10.6 Å². The van der Waals surface area contributed by atoms with Gasteiger partial charge in [0.2, 0.25) is 0 Å². The molecule has 0 aliphatic carbocycles. The third-order valence-corrected chi connectivity index (χ3v) is 3.88. The Morgan fingerprint density at radius 2 is 2.29 bits per heavy atom. The number of thioether (sulfide) groups is 1. The van der Waals surface area contributed by atoms with Crippen molar-refractivity contribution in [2.75, 3.05) is 12.3 Å². The van der Waals surface area contributed by atoms with Crippen LogP contribution in [0.15, 0.2) is 0 Å². The first-order valence-corrected chi connectivity index (χ1v) is 6.19. The largest absolute Gasteiger partial charge is 0.337 e. The Labute approximate surface area is 90.4 Å². The van der Waals surface area contributed by atoms with Crippen LogP contribution >= 0.6 is 11.8 Å². The Balaban J connectivity index is 2.22. The van der Waals surface area contributed by atoms with Crippen molar-refractivity contribution in [1.29, 1.82) is 0 Å². The second-order valence-corrected chi connectivity index (χ2v) is 6.07. The van der Waals surface area contributed by atoms with Gasteiger partial charge >= 0.3 is 6.03 Å². The minimum Gasteiger partial charge on any atom is -0.337 e. The molecule has 1 saturated heterocycles. The van der Waals surface area contributed by atoms with Crippen LogP contribution in [0.2, 0.25) is 0 Å². The number of amides is 2. The molecule has 0 aromatic heterocycles. The summed E-state index contributed by atoms with van der Waals surface area (Å²) >= 11 is 1.96. The van der Waals surface area contributed by atoms with Crippen LogP contribution in [0.1, 0.15) is 33.6 Å². The Hall–Kier alpha value is -0.380. The molecule has 0 aromatic carbocycles. The monoisotopic (exact) mass is 216 g/mol. The highest BCUT2D eigenvalue weighted by molar-refractivity contribution is 8.00. The van der Waals surface area contributed by atoms with Crippen molar-refractivity contribution in [3.8, 4) is 0 Å². The minimum atomic E-state index is -0.0475. The minimum absolute atomic E-state index is 0.0475. The first-order valence-electron chi connectivity index (χ1n) is 5.20. The molecule has 1 aliphatic rings. The van der Waals surface area contributed by atoms with Gasteiger partial charge in [0.15, 0.2) is 0 Å². The van der Waals surface area contributed by atoms with Gasteiger partial charge in [-0.2, -0.15) is 11.8 Å². The highest BCUT2D eigenvalue weighted by Gasteiger charge is 2.29. The van der Waals surface area contributed by atoms with Crippen molar-refractivity contribution in [2.24, 2.45) is 0 Å². The Morgan fingerprint density at radius 3 is 2.79 bits per heavy atom. The average molecular weight is 216 g/mol. The van der Waals surface area contributed by atoms with Crippen molar-refractivity contribution in [3.63, 3.8) is 0 Å². The summed E-state index contributed by atoms with van der Waals surface area (Å²) in [5, 5.41) is 5.75. The molecule has 2 N–H and O–H groups in total. The van der Waals surface area contributed by atoms with Crippen molar-refractivity contribution in [3.05, 3.63) is 0 Å². The van der Waals surface area contributed by atoms with E-state index in [9.17, 15) is 4.79 Å². The van der Waals surface area contributed by atoms with Gasteiger partial charge in [0.1, 0.15) is 0 Å². The Kier molecular flexibility index (Phi) is 4.11. The van der Waals surface area contributed by atoms with E-state index in [1.807, 2.05) is 25.6 Å². The van der Waals surface area contributed by atoms with Gasteiger partial charge in [-0.05, 0) is 39.4 Å². The molecule has 4 heteroatoms. The molecule has 0 spiro atoms. The quantitative estimate of drug-likeness (QED) is 0.757. The van der Waals surface area contributed by atoms with Crippen LogP contribution in [-0.4, -0.2) is 29.1 Å². The van der Waals surface area contributed by atoms with Crippen molar-refractivity contribution < 1.29 is 4.79 Å². The van der Waals surface area contributed by atoms with Crippen LogP contribution in [0.4, 0.5) is 4.79 Å². The summed E-state index contributed by atoms with van der Waals surface area (Å²) in [7, 11) is 0. The second-order valence-electron chi connectivity index (χ2n) is 4.38.